The first-order valence-corrected chi connectivity index (χ1v) is 11.2. The average Bonchev–Trinajstić information content (AvgIpc) is 3.31. The second-order valence-corrected chi connectivity index (χ2v) is 8.55. The number of aliphatic hydroxyl groups excluding tert-OH is 1. The Morgan fingerprint density at radius 3 is 2.53 bits per heavy atom. The second kappa shape index (κ2) is 9.72. The summed E-state index contributed by atoms with van der Waals surface area (Å²) in [6, 6.07) is 22.8. The van der Waals surface area contributed by atoms with Crippen molar-refractivity contribution >= 4 is 28.9 Å². The van der Waals surface area contributed by atoms with E-state index in [2.05, 4.69) is 20.6 Å². The lowest BCUT2D eigenvalue weighted by molar-refractivity contribution is 0.0944. The molecule has 4 rings (SSSR count). The van der Waals surface area contributed by atoms with E-state index in [9.17, 15) is 9.90 Å². The molecule has 2 atom stereocenters. The van der Waals surface area contributed by atoms with Crippen LogP contribution in [-0.4, -0.2) is 21.0 Å². The number of carbonyl (C=O) groups is 1. The number of aromatic nitrogens is 2. The molecule has 6 nitrogen and oxygen atoms in total. The van der Waals surface area contributed by atoms with E-state index >= 15 is 0 Å². The van der Waals surface area contributed by atoms with E-state index < -0.39 is 6.10 Å². The molecule has 0 radical (unpaired) electrons. The van der Waals surface area contributed by atoms with Crippen molar-refractivity contribution in [2.24, 2.45) is 0 Å². The molecule has 7 heteroatoms. The van der Waals surface area contributed by atoms with Crippen molar-refractivity contribution in [2.75, 3.05) is 5.32 Å². The van der Waals surface area contributed by atoms with E-state index in [-0.39, 0.29) is 11.9 Å². The smallest absolute Gasteiger partial charge is 0.261 e. The molecule has 0 aliphatic carbocycles. The highest BCUT2D eigenvalue weighted by Gasteiger charge is 2.15. The van der Waals surface area contributed by atoms with Gasteiger partial charge in [0.2, 0.25) is 5.95 Å². The summed E-state index contributed by atoms with van der Waals surface area (Å²) >= 11 is 1.39. The van der Waals surface area contributed by atoms with Crippen LogP contribution >= 0.6 is 11.3 Å². The van der Waals surface area contributed by atoms with Crippen LogP contribution in [0.1, 0.15) is 46.8 Å². The number of thiophene rings is 1. The lowest BCUT2D eigenvalue weighted by Crippen LogP contribution is -2.25. The van der Waals surface area contributed by atoms with Gasteiger partial charge in [0.05, 0.1) is 27.6 Å². The highest BCUT2D eigenvalue weighted by atomic mass is 32.1. The minimum absolute atomic E-state index is 0.0819. The zero-order chi connectivity index (χ0) is 22.5. The Morgan fingerprint density at radius 1 is 0.969 bits per heavy atom. The largest absolute Gasteiger partial charge is 0.389 e. The summed E-state index contributed by atoms with van der Waals surface area (Å²) in [6.07, 6.45) is 1.13. The van der Waals surface area contributed by atoms with E-state index in [4.69, 9.17) is 0 Å². The maximum absolute atomic E-state index is 12.7. The minimum atomic E-state index is -0.552. The molecule has 2 aromatic heterocycles. The molecule has 2 heterocycles. The van der Waals surface area contributed by atoms with E-state index in [1.165, 1.54) is 11.3 Å². The Balaban J connectivity index is 1.47. The minimum Gasteiger partial charge on any atom is -0.389 e. The first kappa shape index (κ1) is 21.7. The Hall–Kier alpha value is -3.55. The molecule has 3 N–H and O–H groups in total. The van der Waals surface area contributed by atoms with Gasteiger partial charge < -0.3 is 15.7 Å². The fraction of sp³-hybridized carbons (Fsp3) is 0.160. The highest BCUT2D eigenvalue weighted by Crippen LogP contribution is 2.28. The van der Waals surface area contributed by atoms with Crippen LogP contribution in [0.25, 0.3) is 10.6 Å². The predicted octanol–water partition coefficient (Wildman–Crippen LogP) is 5.49. The number of rotatable bonds is 7. The average molecular weight is 445 g/mol. The van der Waals surface area contributed by atoms with Gasteiger partial charge in [0.15, 0.2) is 0 Å². The van der Waals surface area contributed by atoms with E-state index in [0.717, 1.165) is 27.4 Å². The van der Waals surface area contributed by atoms with Gasteiger partial charge in [0.1, 0.15) is 0 Å². The Bertz CT molecular complexity index is 1210. The normalized spacial score (nSPS) is 12.7. The van der Waals surface area contributed by atoms with Gasteiger partial charge in [-0.05, 0) is 55.3 Å². The molecule has 1 unspecified atom stereocenters. The number of hydrogen-bond acceptors (Lipinski definition) is 6. The molecular weight excluding hydrogens is 420 g/mol. The van der Waals surface area contributed by atoms with E-state index in [0.29, 0.717) is 10.8 Å². The van der Waals surface area contributed by atoms with Crippen molar-refractivity contribution < 1.29 is 9.90 Å². The summed E-state index contributed by atoms with van der Waals surface area (Å²) in [7, 11) is 0. The maximum Gasteiger partial charge on any atom is 0.261 e. The fourth-order valence-corrected chi connectivity index (χ4v) is 4.13. The number of nitrogens with one attached hydrogen (secondary N) is 2. The van der Waals surface area contributed by atoms with Crippen LogP contribution in [0.5, 0.6) is 0 Å². The zero-order valence-corrected chi connectivity index (χ0v) is 18.6. The van der Waals surface area contributed by atoms with Crippen LogP contribution in [0.3, 0.4) is 0 Å². The highest BCUT2D eigenvalue weighted by molar-refractivity contribution is 7.17. The lowest BCUT2D eigenvalue weighted by Gasteiger charge is -2.13. The summed E-state index contributed by atoms with van der Waals surface area (Å²) in [5.41, 5.74) is 3.39. The van der Waals surface area contributed by atoms with Gasteiger partial charge in [0.25, 0.3) is 5.91 Å². The maximum atomic E-state index is 12.7. The van der Waals surface area contributed by atoms with Crippen LogP contribution in [0.15, 0.2) is 79.0 Å². The molecule has 0 aliphatic rings. The first-order valence-electron chi connectivity index (χ1n) is 10.3. The summed E-state index contributed by atoms with van der Waals surface area (Å²) in [4.78, 5) is 23.1. The van der Waals surface area contributed by atoms with Crippen LogP contribution in [0.4, 0.5) is 11.6 Å². The third-order valence-corrected chi connectivity index (χ3v) is 6.12. The number of hydrogen-bond donors (Lipinski definition) is 3. The third kappa shape index (κ3) is 5.19. The monoisotopic (exact) mass is 444 g/mol. The summed E-state index contributed by atoms with van der Waals surface area (Å²) in [5, 5.41) is 16.0. The van der Waals surface area contributed by atoms with Crippen molar-refractivity contribution in [2.45, 2.75) is 26.0 Å². The van der Waals surface area contributed by atoms with Crippen molar-refractivity contribution in [3.05, 3.63) is 95.0 Å². The van der Waals surface area contributed by atoms with Crippen LogP contribution in [-0.2, 0) is 0 Å². The number of amides is 1. The van der Waals surface area contributed by atoms with Crippen molar-refractivity contribution in [1.82, 2.24) is 15.3 Å². The molecule has 4 aromatic rings. The standard InChI is InChI=1S/C25H24N4O2S/c1-16(18-7-4-3-5-8-18)27-24(31)23-12-11-22(32-23)21-13-14-26-25(29-21)28-20-10-6-9-19(15-20)17(2)30/h3-17,30H,1-2H3,(H,27,31)(H,26,28,29)/t16-,17?/m1/s1. The number of aliphatic hydroxyl groups is 1. The molecule has 32 heavy (non-hydrogen) atoms. The Morgan fingerprint density at radius 2 is 1.75 bits per heavy atom. The van der Waals surface area contributed by atoms with Crippen LogP contribution in [0.2, 0.25) is 0 Å². The van der Waals surface area contributed by atoms with Gasteiger partial charge in [-0.2, -0.15) is 0 Å². The molecule has 0 saturated carbocycles. The first-order chi connectivity index (χ1) is 15.5. The molecule has 0 bridgehead atoms. The number of anilines is 2. The number of nitrogens with zero attached hydrogens (tertiary/aromatic N) is 2. The second-order valence-electron chi connectivity index (χ2n) is 7.46. The number of carbonyl (C=O) groups excluding carboxylic acids is 1. The van der Waals surface area contributed by atoms with Gasteiger partial charge in [0, 0.05) is 11.9 Å². The Labute approximate surface area is 191 Å². The zero-order valence-electron chi connectivity index (χ0n) is 17.8. The van der Waals surface area contributed by atoms with Gasteiger partial charge in [-0.15, -0.1) is 11.3 Å². The third-order valence-electron chi connectivity index (χ3n) is 5.01. The van der Waals surface area contributed by atoms with Gasteiger partial charge in [-0.1, -0.05) is 42.5 Å². The molecular formula is C25H24N4O2S. The molecule has 0 spiro atoms. The molecule has 0 fully saturated rings. The Kier molecular flexibility index (Phi) is 6.58. The quantitative estimate of drug-likeness (QED) is 0.351. The summed E-state index contributed by atoms with van der Waals surface area (Å²) < 4.78 is 0. The van der Waals surface area contributed by atoms with Gasteiger partial charge in [-0.25, -0.2) is 9.97 Å². The summed E-state index contributed by atoms with van der Waals surface area (Å²) in [6.45, 7) is 3.69. The fourth-order valence-electron chi connectivity index (χ4n) is 3.25. The topological polar surface area (TPSA) is 87.1 Å². The van der Waals surface area contributed by atoms with Crippen molar-refractivity contribution in [3.8, 4) is 10.6 Å². The predicted molar refractivity (Wildman–Crippen MR) is 128 cm³/mol. The van der Waals surface area contributed by atoms with Gasteiger partial charge >= 0.3 is 0 Å². The van der Waals surface area contributed by atoms with Crippen molar-refractivity contribution in [3.63, 3.8) is 0 Å². The van der Waals surface area contributed by atoms with E-state index in [1.807, 2.05) is 79.7 Å². The molecule has 2 aromatic carbocycles. The van der Waals surface area contributed by atoms with Crippen LogP contribution < -0.4 is 10.6 Å². The number of benzene rings is 2. The molecule has 1 amide bonds. The van der Waals surface area contributed by atoms with E-state index in [1.54, 1.807) is 13.1 Å². The lowest BCUT2D eigenvalue weighted by atomic mass is 10.1. The summed E-state index contributed by atoms with van der Waals surface area (Å²) in [5.74, 6) is 0.335. The molecule has 162 valence electrons. The van der Waals surface area contributed by atoms with Gasteiger partial charge in [-0.3, -0.25) is 4.79 Å². The van der Waals surface area contributed by atoms with Crippen molar-refractivity contribution in [1.29, 1.82) is 0 Å². The molecule has 0 aliphatic heterocycles. The van der Waals surface area contributed by atoms with Crippen LogP contribution in [0, 0.1) is 0 Å². The molecule has 0 saturated heterocycles. The SMILES string of the molecule is CC(O)c1cccc(Nc2nccc(-c3ccc(C(=O)N[C@H](C)c4ccccc4)s3)n2)c1.